The normalized spacial score (nSPS) is 11.4. The van der Waals surface area contributed by atoms with E-state index in [4.69, 9.17) is 0 Å². The van der Waals surface area contributed by atoms with Crippen LogP contribution < -0.4 is 0 Å². The molecule has 2 aromatic heterocycles. The summed E-state index contributed by atoms with van der Waals surface area (Å²) in [6.07, 6.45) is 1.76. The first-order chi connectivity index (χ1) is 7.91. The average Bonchev–Trinajstić information content (AvgIpc) is 2.57. The standard InChI is InChI=1S/C12H13BrN2O2/c1-6(2)10-11(12(16)17)15-5-8(13)7(3)4-9(15)14-10/h4-6H,1-3H3,(H,16,17). The summed E-state index contributed by atoms with van der Waals surface area (Å²) in [5.41, 5.74) is 2.58. The van der Waals surface area contributed by atoms with E-state index in [2.05, 4.69) is 20.9 Å². The molecule has 0 atom stereocenters. The number of carboxylic acids is 1. The van der Waals surface area contributed by atoms with Gasteiger partial charge in [-0.15, -0.1) is 0 Å². The van der Waals surface area contributed by atoms with Gasteiger partial charge in [-0.25, -0.2) is 9.78 Å². The summed E-state index contributed by atoms with van der Waals surface area (Å²) in [6.45, 7) is 5.83. The Hall–Kier alpha value is -1.36. The van der Waals surface area contributed by atoms with Crippen LogP contribution in [0.3, 0.4) is 0 Å². The van der Waals surface area contributed by atoms with Gasteiger partial charge >= 0.3 is 5.97 Å². The van der Waals surface area contributed by atoms with E-state index in [1.165, 1.54) is 0 Å². The number of rotatable bonds is 2. The molecule has 2 aromatic rings. The number of carbonyl (C=O) groups is 1. The van der Waals surface area contributed by atoms with Gasteiger partial charge in [-0.3, -0.25) is 4.40 Å². The van der Waals surface area contributed by atoms with E-state index in [0.717, 1.165) is 10.0 Å². The number of hydrogen-bond donors (Lipinski definition) is 1. The molecule has 0 aromatic carbocycles. The summed E-state index contributed by atoms with van der Waals surface area (Å²) in [7, 11) is 0. The topological polar surface area (TPSA) is 54.6 Å². The molecule has 0 aliphatic heterocycles. The second-order valence-electron chi connectivity index (χ2n) is 4.34. The smallest absolute Gasteiger partial charge is 0.354 e. The lowest BCUT2D eigenvalue weighted by atomic mass is 10.1. The SMILES string of the molecule is Cc1cc2nc(C(C)C)c(C(=O)O)n2cc1Br. The number of pyridine rings is 1. The van der Waals surface area contributed by atoms with Crippen LogP contribution in [0.25, 0.3) is 5.65 Å². The maximum Gasteiger partial charge on any atom is 0.354 e. The highest BCUT2D eigenvalue weighted by atomic mass is 79.9. The highest BCUT2D eigenvalue weighted by Gasteiger charge is 2.21. The van der Waals surface area contributed by atoms with Gasteiger partial charge in [0.1, 0.15) is 5.65 Å². The Kier molecular flexibility index (Phi) is 2.95. The minimum atomic E-state index is -0.947. The van der Waals surface area contributed by atoms with Crippen LogP contribution in [-0.4, -0.2) is 20.5 Å². The summed E-state index contributed by atoms with van der Waals surface area (Å²) < 4.78 is 2.49. The fourth-order valence-electron chi connectivity index (χ4n) is 1.79. The number of aromatic carboxylic acids is 1. The van der Waals surface area contributed by atoms with Crippen LogP contribution in [0.2, 0.25) is 0 Å². The number of hydrogen-bond acceptors (Lipinski definition) is 2. The van der Waals surface area contributed by atoms with Gasteiger partial charge in [0, 0.05) is 10.7 Å². The van der Waals surface area contributed by atoms with Crippen LogP contribution in [0, 0.1) is 6.92 Å². The fourth-order valence-corrected chi connectivity index (χ4v) is 2.11. The van der Waals surface area contributed by atoms with E-state index in [1.807, 2.05) is 26.8 Å². The molecule has 2 heterocycles. The largest absolute Gasteiger partial charge is 0.477 e. The van der Waals surface area contributed by atoms with E-state index < -0.39 is 5.97 Å². The Labute approximate surface area is 107 Å². The Morgan fingerprint density at radius 2 is 2.18 bits per heavy atom. The van der Waals surface area contributed by atoms with Crippen molar-refractivity contribution in [2.75, 3.05) is 0 Å². The lowest BCUT2D eigenvalue weighted by Crippen LogP contribution is -2.06. The average molecular weight is 297 g/mol. The van der Waals surface area contributed by atoms with E-state index >= 15 is 0 Å². The van der Waals surface area contributed by atoms with Gasteiger partial charge in [0.05, 0.1) is 5.69 Å². The van der Waals surface area contributed by atoms with Crippen molar-refractivity contribution in [2.24, 2.45) is 0 Å². The molecule has 90 valence electrons. The zero-order chi connectivity index (χ0) is 12.7. The molecular weight excluding hydrogens is 284 g/mol. The molecule has 0 unspecified atom stereocenters. The summed E-state index contributed by atoms with van der Waals surface area (Å²) in [5, 5.41) is 9.29. The molecule has 5 heteroatoms. The highest BCUT2D eigenvalue weighted by Crippen LogP contribution is 2.24. The van der Waals surface area contributed by atoms with Crippen molar-refractivity contribution in [1.29, 1.82) is 0 Å². The molecule has 0 aliphatic carbocycles. The van der Waals surface area contributed by atoms with Crippen LogP contribution in [0.4, 0.5) is 0 Å². The maximum absolute atomic E-state index is 11.3. The fraction of sp³-hybridized carbons (Fsp3) is 0.333. The molecule has 17 heavy (non-hydrogen) atoms. The number of aryl methyl sites for hydroxylation is 1. The first-order valence-electron chi connectivity index (χ1n) is 5.33. The van der Waals surface area contributed by atoms with E-state index in [9.17, 15) is 9.90 Å². The van der Waals surface area contributed by atoms with Crippen LogP contribution >= 0.6 is 15.9 Å². The number of carboxylic acid groups (broad SMARTS) is 1. The molecule has 4 nitrogen and oxygen atoms in total. The van der Waals surface area contributed by atoms with Crippen LogP contribution in [-0.2, 0) is 0 Å². The lowest BCUT2D eigenvalue weighted by molar-refractivity contribution is 0.0687. The lowest BCUT2D eigenvalue weighted by Gasteiger charge is -2.03. The van der Waals surface area contributed by atoms with Crippen molar-refractivity contribution >= 4 is 27.5 Å². The third-order valence-electron chi connectivity index (χ3n) is 2.68. The number of aromatic nitrogens is 2. The van der Waals surface area contributed by atoms with Crippen LogP contribution in [0.5, 0.6) is 0 Å². The maximum atomic E-state index is 11.3. The second-order valence-corrected chi connectivity index (χ2v) is 5.19. The Bertz CT molecular complexity index is 602. The quantitative estimate of drug-likeness (QED) is 0.926. The van der Waals surface area contributed by atoms with Gasteiger partial charge in [0.15, 0.2) is 5.69 Å². The highest BCUT2D eigenvalue weighted by molar-refractivity contribution is 9.10. The van der Waals surface area contributed by atoms with Crippen LogP contribution in [0.15, 0.2) is 16.7 Å². The molecule has 0 saturated carbocycles. The van der Waals surface area contributed by atoms with Gasteiger partial charge in [0.25, 0.3) is 0 Å². The molecule has 0 spiro atoms. The van der Waals surface area contributed by atoms with Gasteiger partial charge in [-0.1, -0.05) is 13.8 Å². The number of fused-ring (bicyclic) bond motifs is 1. The molecule has 0 aliphatic rings. The monoisotopic (exact) mass is 296 g/mol. The van der Waals surface area contributed by atoms with Crippen molar-refractivity contribution < 1.29 is 9.90 Å². The molecule has 0 fully saturated rings. The third-order valence-corrected chi connectivity index (χ3v) is 3.51. The summed E-state index contributed by atoms with van der Waals surface area (Å²) in [6, 6.07) is 1.88. The molecule has 0 amide bonds. The first kappa shape index (κ1) is 12.1. The molecular formula is C12H13BrN2O2. The zero-order valence-corrected chi connectivity index (χ0v) is 11.4. The van der Waals surface area contributed by atoms with Crippen molar-refractivity contribution in [1.82, 2.24) is 9.38 Å². The molecule has 2 rings (SSSR count). The molecule has 0 radical (unpaired) electrons. The van der Waals surface area contributed by atoms with E-state index in [1.54, 1.807) is 10.6 Å². The predicted molar refractivity (Wildman–Crippen MR) is 68.7 cm³/mol. The molecule has 1 N–H and O–H groups in total. The van der Waals surface area contributed by atoms with Gasteiger partial charge in [-0.05, 0) is 40.4 Å². The van der Waals surface area contributed by atoms with Crippen molar-refractivity contribution in [3.05, 3.63) is 33.7 Å². The van der Waals surface area contributed by atoms with Crippen molar-refractivity contribution in [2.45, 2.75) is 26.7 Å². The Morgan fingerprint density at radius 3 is 2.71 bits per heavy atom. The first-order valence-corrected chi connectivity index (χ1v) is 6.12. The minimum Gasteiger partial charge on any atom is -0.477 e. The van der Waals surface area contributed by atoms with Crippen molar-refractivity contribution in [3.63, 3.8) is 0 Å². The Morgan fingerprint density at radius 1 is 1.53 bits per heavy atom. The summed E-state index contributed by atoms with van der Waals surface area (Å²) in [4.78, 5) is 15.7. The van der Waals surface area contributed by atoms with Gasteiger partial charge in [-0.2, -0.15) is 0 Å². The number of nitrogens with zero attached hydrogens (tertiary/aromatic N) is 2. The van der Waals surface area contributed by atoms with Gasteiger partial charge < -0.3 is 5.11 Å². The van der Waals surface area contributed by atoms with E-state index in [0.29, 0.717) is 11.3 Å². The third kappa shape index (κ3) is 1.95. The number of imidazole rings is 1. The van der Waals surface area contributed by atoms with Gasteiger partial charge in [0.2, 0.25) is 0 Å². The Balaban J connectivity index is 2.85. The summed E-state index contributed by atoms with van der Waals surface area (Å²) in [5.74, 6) is -0.864. The molecule has 0 saturated heterocycles. The predicted octanol–water partition coefficient (Wildman–Crippen LogP) is 3.23. The zero-order valence-electron chi connectivity index (χ0n) is 9.86. The molecule has 0 bridgehead atoms. The van der Waals surface area contributed by atoms with Crippen molar-refractivity contribution in [3.8, 4) is 0 Å². The van der Waals surface area contributed by atoms with Crippen LogP contribution in [0.1, 0.15) is 41.5 Å². The summed E-state index contributed by atoms with van der Waals surface area (Å²) >= 11 is 3.40. The van der Waals surface area contributed by atoms with E-state index in [-0.39, 0.29) is 11.6 Å². The minimum absolute atomic E-state index is 0.0834. The second kappa shape index (κ2) is 4.14. The number of halogens is 1.